The van der Waals surface area contributed by atoms with E-state index in [4.69, 9.17) is 0 Å². The van der Waals surface area contributed by atoms with Gasteiger partial charge >= 0.3 is 0 Å². The fourth-order valence-electron chi connectivity index (χ4n) is 2.56. The molecule has 23 heavy (non-hydrogen) atoms. The predicted molar refractivity (Wildman–Crippen MR) is 85.8 cm³/mol. The van der Waals surface area contributed by atoms with Crippen LogP contribution in [0, 0.1) is 0 Å². The maximum atomic E-state index is 12.3. The molecule has 0 spiro atoms. The molecular formula is C16H14N6O. The Balaban J connectivity index is 1.56. The molecule has 0 atom stereocenters. The Morgan fingerprint density at radius 3 is 3.13 bits per heavy atom. The quantitative estimate of drug-likeness (QED) is 0.604. The van der Waals surface area contributed by atoms with Gasteiger partial charge in [-0.25, -0.2) is 9.97 Å². The van der Waals surface area contributed by atoms with Crippen molar-refractivity contribution in [2.45, 2.75) is 6.54 Å². The zero-order valence-corrected chi connectivity index (χ0v) is 12.4. The average molecular weight is 306 g/mol. The lowest BCUT2D eigenvalue weighted by atomic mass is 10.2. The number of fused-ring (bicyclic) bond motifs is 2. The minimum atomic E-state index is -0.222. The molecule has 0 fully saturated rings. The van der Waals surface area contributed by atoms with E-state index in [0.29, 0.717) is 17.9 Å². The number of aromatic nitrogens is 5. The molecule has 4 aromatic heterocycles. The number of H-pyrrole nitrogens is 1. The first-order valence-corrected chi connectivity index (χ1v) is 7.20. The summed E-state index contributed by atoms with van der Waals surface area (Å²) in [7, 11) is 1.90. The van der Waals surface area contributed by atoms with Gasteiger partial charge in [-0.05, 0) is 30.3 Å². The van der Waals surface area contributed by atoms with E-state index in [9.17, 15) is 4.79 Å². The van der Waals surface area contributed by atoms with E-state index in [-0.39, 0.29) is 5.91 Å². The fourth-order valence-corrected chi connectivity index (χ4v) is 2.56. The second kappa shape index (κ2) is 5.20. The zero-order chi connectivity index (χ0) is 15.8. The molecule has 4 heterocycles. The summed E-state index contributed by atoms with van der Waals surface area (Å²) < 4.78 is 1.89. The Hall–Kier alpha value is -3.22. The van der Waals surface area contributed by atoms with Crippen LogP contribution in [0.15, 0.2) is 42.7 Å². The van der Waals surface area contributed by atoms with E-state index in [1.54, 1.807) is 12.3 Å². The zero-order valence-electron chi connectivity index (χ0n) is 12.4. The number of pyridine rings is 2. The number of hydrogen-bond acceptors (Lipinski definition) is 4. The smallest absolute Gasteiger partial charge is 0.270 e. The highest BCUT2D eigenvalue weighted by molar-refractivity contribution is 5.94. The fraction of sp³-hybridized carbons (Fsp3) is 0.125. The summed E-state index contributed by atoms with van der Waals surface area (Å²) in [4.78, 5) is 20.9. The van der Waals surface area contributed by atoms with Crippen molar-refractivity contribution in [2.24, 2.45) is 7.05 Å². The van der Waals surface area contributed by atoms with Crippen LogP contribution in [0.5, 0.6) is 0 Å². The number of hydrogen-bond donors (Lipinski definition) is 2. The van der Waals surface area contributed by atoms with Crippen LogP contribution in [0.2, 0.25) is 0 Å². The molecule has 7 nitrogen and oxygen atoms in total. The molecule has 0 aliphatic carbocycles. The van der Waals surface area contributed by atoms with Crippen LogP contribution >= 0.6 is 0 Å². The second-order valence-corrected chi connectivity index (χ2v) is 5.30. The van der Waals surface area contributed by atoms with E-state index in [0.717, 1.165) is 22.1 Å². The van der Waals surface area contributed by atoms with Crippen molar-refractivity contribution in [1.29, 1.82) is 0 Å². The summed E-state index contributed by atoms with van der Waals surface area (Å²) in [5.74, 6) is -0.222. The molecule has 0 aromatic carbocycles. The lowest BCUT2D eigenvalue weighted by molar-refractivity contribution is 0.0946. The molecule has 1 amide bonds. The third-order valence-corrected chi connectivity index (χ3v) is 3.78. The lowest BCUT2D eigenvalue weighted by Gasteiger charge is -2.04. The number of amides is 1. The van der Waals surface area contributed by atoms with Gasteiger partial charge in [-0.3, -0.25) is 9.89 Å². The highest BCUT2D eigenvalue weighted by atomic mass is 16.1. The van der Waals surface area contributed by atoms with Gasteiger partial charge in [0.2, 0.25) is 0 Å². The summed E-state index contributed by atoms with van der Waals surface area (Å²) in [5.41, 5.74) is 2.64. The Morgan fingerprint density at radius 2 is 2.22 bits per heavy atom. The number of carbonyl (C=O) groups is 1. The van der Waals surface area contributed by atoms with Gasteiger partial charge in [-0.2, -0.15) is 5.10 Å². The van der Waals surface area contributed by atoms with Crippen molar-refractivity contribution in [2.75, 3.05) is 0 Å². The van der Waals surface area contributed by atoms with Gasteiger partial charge in [0.25, 0.3) is 5.91 Å². The molecule has 114 valence electrons. The molecule has 0 aliphatic heterocycles. The average Bonchev–Trinajstić information content (AvgIpc) is 3.16. The normalized spacial score (nSPS) is 11.2. The van der Waals surface area contributed by atoms with Gasteiger partial charge in [0, 0.05) is 30.2 Å². The van der Waals surface area contributed by atoms with Crippen LogP contribution < -0.4 is 5.32 Å². The Morgan fingerprint density at radius 1 is 1.30 bits per heavy atom. The van der Waals surface area contributed by atoms with Crippen molar-refractivity contribution < 1.29 is 4.79 Å². The number of rotatable bonds is 3. The molecule has 0 saturated heterocycles. The van der Waals surface area contributed by atoms with E-state index in [2.05, 4.69) is 25.5 Å². The van der Waals surface area contributed by atoms with E-state index in [1.807, 2.05) is 42.1 Å². The van der Waals surface area contributed by atoms with Gasteiger partial charge in [-0.15, -0.1) is 0 Å². The number of carbonyl (C=O) groups excluding carboxylic acids is 1. The number of aryl methyl sites for hydroxylation is 1. The summed E-state index contributed by atoms with van der Waals surface area (Å²) in [6, 6.07) is 9.35. The lowest BCUT2D eigenvalue weighted by Crippen LogP contribution is -2.24. The van der Waals surface area contributed by atoms with Gasteiger partial charge in [0.15, 0.2) is 5.65 Å². The van der Waals surface area contributed by atoms with Crippen LogP contribution in [-0.2, 0) is 13.6 Å². The van der Waals surface area contributed by atoms with Crippen LogP contribution in [0.4, 0.5) is 0 Å². The first-order valence-electron chi connectivity index (χ1n) is 7.20. The first-order chi connectivity index (χ1) is 11.2. The standard InChI is InChI=1S/C16H14N6O/c1-22-8-6-10-4-5-12(19-15(10)22)16(23)18-9-13-11-3-2-7-17-14(11)21-20-13/h2-8H,9H2,1H3,(H,18,23)(H,17,20,21). The maximum Gasteiger partial charge on any atom is 0.270 e. The van der Waals surface area contributed by atoms with E-state index in [1.165, 1.54) is 0 Å². The minimum absolute atomic E-state index is 0.222. The predicted octanol–water partition coefficient (Wildman–Crippen LogP) is 1.77. The molecule has 0 aliphatic rings. The topological polar surface area (TPSA) is 88.5 Å². The van der Waals surface area contributed by atoms with E-state index < -0.39 is 0 Å². The molecule has 0 saturated carbocycles. The van der Waals surface area contributed by atoms with Crippen molar-refractivity contribution in [1.82, 2.24) is 30.0 Å². The summed E-state index contributed by atoms with van der Waals surface area (Å²) in [5, 5.41) is 11.8. The molecule has 4 aromatic rings. The third kappa shape index (κ3) is 2.32. The molecular weight excluding hydrogens is 292 g/mol. The Kier molecular flexibility index (Phi) is 3.04. The van der Waals surface area contributed by atoms with Crippen molar-refractivity contribution in [3.05, 3.63) is 54.1 Å². The van der Waals surface area contributed by atoms with Gasteiger partial charge in [-0.1, -0.05) is 0 Å². The third-order valence-electron chi connectivity index (χ3n) is 3.78. The van der Waals surface area contributed by atoms with Crippen LogP contribution in [-0.4, -0.2) is 30.6 Å². The summed E-state index contributed by atoms with van der Waals surface area (Å²) >= 11 is 0. The first kappa shape index (κ1) is 13.4. The van der Waals surface area contributed by atoms with Crippen molar-refractivity contribution >= 4 is 28.0 Å². The minimum Gasteiger partial charge on any atom is -0.345 e. The highest BCUT2D eigenvalue weighted by Gasteiger charge is 2.11. The summed E-state index contributed by atoms with van der Waals surface area (Å²) in [6.45, 7) is 0.341. The Labute approximate surface area is 131 Å². The summed E-state index contributed by atoms with van der Waals surface area (Å²) in [6.07, 6.45) is 3.60. The molecule has 0 bridgehead atoms. The van der Waals surface area contributed by atoms with Gasteiger partial charge < -0.3 is 9.88 Å². The van der Waals surface area contributed by atoms with Crippen LogP contribution in [0.3, 0.4) is 0 Å². The second-order valence-electron chi connectivity index (χ2n) is 5.30. The maximum absolute atomic E-state index is 12.3. The number of nitrogens with one attached hydrogen (secondary N) is 2. The Bertz CT molecular complexity index is 1020. The molecule has 7 heteroatoms. The van der Waals surface area contributed by atoms with Gasteiger partial charge in [0.1, 0.15) is 11.3 Å². The van der Waals surface area contributed by atoms with Crippen LogP contribution in [0.1, 0.15) is 16.2 Å². The van der Waals surface area contributed by atoms with Gasteiger partial charge in [0.05, 0.1) is 12.2 Å². The van der Waals surface area contributed by atoms with E-state index >= 15 is 0 Å². The molecule has 2 N–H and O–H groups in total. The SMILES string of the molecule is Cn1ccc2ccc(C(=O)NCc3[nH]nc4ncccc34)nc21. The molecule has 0 radical (unpaired) electrons. The molecule has 4 rings (SSSR count). The molecule has 0 unspecified atom stereocenters. The van der Waals surface area contributed by atoms with Crippen molar-refractivity contribution in [3.8, 4) is 0 Å². The highest BCUT2D eigenvalue weighted by Crippen LogP contribution is 2.14. The van der Waals surface area contributed by atoms with Crippen LogP contribution in [0.25, 0.3) is 22.1 Å². The monoisotopic (exact) mass is 306 g/mol. The largest absolute Gasteiger partial charge is 0.345 e. The number of aromatic amines is 1. The van der Waals surface area contributed by atoms with Crippen molar-refractivity contribution in [3.63, 3.8) is 0 Å². The number of nitrogens with zero attached hydrogens (tertiary/aromatic N) is 4.